The third kappa shape index (κ3) is 6.86. The van der Waals surface area contributed by atoms with Crippen LogP contribution in [0.1, 0.15) is 18.7 Å². The third-order valence-electron chi connectivity index (χ3n) is 2.07. The zero-order valence-corrected chi connectivity index (χ0v) is 11.6. The highest BCUT2D eigenvalue weighted by molar-refractivity contribution is 7.10. The van der Waals surface area contributed by atoms with Crippen molar-refractivity contribution in [2.75, 3.05) is 6.54 Å². The minimum atomic E-state index is -0.0458. The van der Waals surface area contributed by atoms with E-state index >= 15 is 0 Å². The molecule has 0 aromatic carbocycles. The lowest BCUT2D eigenvalue weighted by Gasteiger charge is -2.03. The van der Waals surface area contributed by atoms with E-state index in [1.54, 1.807) is 17.4 Å². The lowest BCUT2D eigenvalue weighted by molar-refractivity contribution is -0.116. The van der Waals surface area contributed by atoms with Crippen molar-refractivity contribution >= 4 is 23.3 Å². The number of amides is 1. The molecule has 0 spiro atoms. The molecule has 0 aliphatic rings. The van der Waals surface area contributed by atoms with Crippen LogP contribution in [-0.2, 0) is 4.79 Å². The van der Waals surface area contributed by atoms with E-state index in [4.69, 9.17) is 0 Å². The summed E-state index contributed by atoms with van der Waals surface area (Å²) in [5, 5.41) is 4.86. The Balaban J connectivity index is 2.25. The zero-order valence-electron chi connectivity index (χ0n) is 10.8. The van der Waals surface area contributed by atoms with Crippen molar-refractivity contribution in [3.05, 3.63) is 52.8 Å². The van der Waals surface area contributed by atoms with Crippen molar-refractivity contribution in [2.24, 2.45) is 5.92 Å². The van der Waals surface area contributed by atoms with Gasteiger partial charge in [0.25, 0.3) is 0 Å². The summed E-state index contributed by atoms with van der Waals surface area (Å²) in [6.07, 6.45) is 11.0. The summed E-state index contributed by atoms with van der Waals surface area (Å²) in [6.45, 7) is 4.85. The highest BCUT2D eigenvalue weighted by Gasteiger charge is 1.95. The zero-order chi connectivity index (χ0) is 13.2. The molecular weight excluding hydrogens is 242 g/mol. The molecule has 0 fully saturated rings. The Hall–Kier alpha value is -1.61. The number of rotatable bonds is 6. The fraction of sp³-hybridized carbons (Fsp3) is 0.267. The van der Waals surface area contributed by atoms with E-state index < -0.39 is 0 Å². The smallest absolute Gasteiger partial charge is 0.243 e. The van der Waals surface area contributed by atoms with Crippen molar-refractivity contribution in [1.82, 2.24) is 5.32 Å². The van der Waals surface area contributed by atoms with E-state index in [-0.39, 0.29) is 5.91 Å². The predicted molar refractivity (Wildman–Crippen MR) is 79.5 cm³/mol. The Kier molecular flexibility index (Phi) is 6.81. The van der Waals surface area contributed by atoms with Gasteiger partial charge in [-0.05, 0) is 23.4 Å². The first-order valence-electron chi connectivity index (χ1n) is 6.01. The topological polar surface area (TPSA) is 29.1 Å². The summed E-state index contributed by atoms with van der Waals surface area (Å²) in [6, 6.07) is 4.08. The van der Waals surface area contributed by atoms with E-state index in [0.717, 1.165) is 0 Å². The molecule has 1 N–H and O–H groups in total. The van der Waals surface area contributed by atoms with Gasteiger partial charge in [-0.2, -0.15) is 0 Å². The summed E-state index contributed by atoms with van der Waals surface area (Å²) < 4.78 is 0. The lowest BCUT2D eigenvalue weighted by atomic mass is 10.2. The van der Waals surface area contributed by atoms with Crippen LogP contribution in [0.3, 0.4) is 0 Å². The molecule has 1 amide bonds. The van der Waals surface area contributed by atoms with Crippen molar-refractivity contribution in [3.63, 3.8) is 0 Å². The molecule has 1 aromatic rings. The molecule has 1 rings (SSSR count). The number of carbonyl (C=O) groups excluding carboxylic acids is 1. The van der Waals surface area contributed by atoms with Crippen molar-refractivity contribution < 1.29 is 4.79 Å². The number of hydrogen-bond donors (Lipinski definition) is 1. The number of hydrogen-bond acceptors (Lipinski definition) is 2. The molecule has 2 nitrogen and oxygen atoms in total. The molecule has 0 saturated carbocycles. The van der Waals surface area contributed by atoms with Gasteiger partial charge >= 0.3 is 0 Å². The molecule has 0 saturated heterocycles. The average molecular weight is 261 g/mol. The second-order valence-electron chi connectivity index (χ2n) is 4.26. The molecule has 96 valence electrons. The first-order chi connectivity index (χ1) is 8.68. The van der Waals surface area contributed by atoms with Gasteiger partial charge in [0.2, 0.25) is 5.91 Å². The maximum atomic E-state index is 11.3. The first-order valence-corrected chi connectivity index (χ1v) is 6.89. The SMILES string of the molecule is CC(C)CNC(=O)C=CC=CC=Cc1cccs1. The summed E-state index contributed by atoms with van der Waals surface area (Å²) in [5.74, 6) is 0.433. The molecule has 0 radical (unpaired) electrons. The largest absolute Gasteiger partial charge is 0.352 e. The summed E-state index contributed by atoms with van der Waals surface area (Å²) in [7, 11) is 0. The maximum absolute atomic E-state index is 11.3. The molecular formula is C15H19NOS. The number of carbonyl (C=O) groups is 1. The molecule has 0 bridgehead atoms. The van der Waals surface area contributed by atoms with Crippen LogP contribution >= 0.6 is 11.3 Å². The highest BCUT2D eigenvalue weighted by atomic mass is 32.1. The Bertz CT molecular complexity index is 427. The predicted octanol–water partition coefficient (Wildman–Crippen LogP) is 3.65. The van der Waals surface area contributed by atoms with E-state index in [1.807, 2.05) is 35.8 Å². The van der Waals surface area contributed by atoms with Gasteiger partial charge in [0.1, 0.15) is 0 Å². The number of allylic oxidation sites excluding steroid dienone is 4. The molecule has 0 unspecified atom stereocenters. The minimum absolute atomic E-state index is 0.0458. The summed E-state index contributed by atoms with van der Waals surface area (Å²) in [4.78, 5) is 12.5. The van der Waals surface area contributed by atoms with Crippen molar-refractivity contribution in [1.29, 1.82) is 0 Å². The normalized spacial score (nSPS) is 12.2. The lowest BCUT2D eigenvalue weighted by Crippen LogP contribution is -2.25. The van der Waals surface area contributed by atoms with Crippen LogP contribution in [0.5, 0.6) is 0 Å². The molecule has 0 aliphatic heterocycles. The summed E-state index contributed by atoms with van der Waals surface area (Å²) in [5.41, 5.74) is 0. The van der Waals surface area contributed by atoms with Gasteiger partial charge in [-0.25, -0.2) is 0 Å². The Morgan fingerprint density at radius 3 is 2.78 bits per heavy atom. The van der Waals surface area contributed by atoms with Crippen LogP contribution < -0.4 is 5.32 Å². The van der Waals surface area contributed by atoms with Gasteiger partial charge in [0.05, 0.1) is 0 Å². The van der Waals surface area contributed by atoms with Gasteiger partial charge in [-0.3, -0.25) is 4.79 Å². The van der Waals surface area contributed by atoms with Crippen LogP contribution in [0.25, 0.3) is 6.08 Å². The minimum Gasteiger partial charge on any atom is -0.352 e. The quantitative estimate of drug-likeness (QED) is 0.614. The maximum Gasteiger partial charge on any atom is 0.243 e. The standard InChI is InChI=1S/C15H19NOS/c1-13(2)12-16-15(17)10-6-4-3-5-8-14-9-7-11-18-14/h3-11,13H,12H2,1-2H3,(H,16,17). The van der Waals surface area contributed by atoms with E-state index in [9.17, 15) is 4.79 Å². The number of thiophene rings is 1. The van der Waals surface area contributed by atoms with Crippen LogP contribution in [0, 0.1) is 5.92 Å². The second-order valence-corrected chi connectivity index (χ2v) is 5.24. The van der Waals surface area contributed by atoms with Crippen molar-refractivity contribution in [3.8, 4) is 0 Å². The third-order valence-corrected chi connectivity index (χ3v) is 2.91. The van der Waals surface area contributed by atoms with E-state index in [1.165, 1.54) is 11.0 Å². The fourth-order valence-corrected chi connectivity index (χ4v) is 1.80. The Morgan fingerprint density at radius 1 is 1.33 bits per heavy atom. The fourth-order valence-electron chi connectivity index (χ4n) is 1.17. The van der Waals surface area contributed by atoms with Gasteiger partial charge in [0, 0.05) is 17.5 Å². The van der Waals surface area contributed by atoms with Crippen molar-refractivity contribution in [2.45, 2.75) is 13.8 Å². The monoisotopic (exact) mass is 261 g/mol. The van der Waals surface area contributed by atoms with Gasteiger partial charge in [0.15, 0.2) is 0 Å². The molecule has 1 heterocycles. The van der Waals surface area contributed by atoms with Crippen LogP contribution in [0.15, 0.2) is 47.9 Å². The van der Waals surface area contributed by atoms with Gasteiger partial charge in [-0.1, -0.05) is 44.2 Å². The molecule has 0 aliphatic carbocycles. The summed E-state index contributed by atoms with van der Waals surface area (Å²) >= 11 is 1.70. The van der Waals surface area contributed by atoms with Crippen LogP contribution in [-0.4, -0.2) is 12.5 Å². The van der Waals surface area contributed by atoms with Gasteiger partial charge in [-0.15, -0.1) is 11.3 Å². The number of nitrogens with one attached hydrogen (secondary N) is 1. The van der Waals surface area contributed by atoms with E-state index in [0.29, 0.717) is 12.5 Å². The van der Waals surface area contributed by atoms with E-state index in [2.05, 4.69) is 25.2 Å². The highest BCUT2D eigenvalue weighted by Crippen LogP contribution is 2.09. The van der Waals surface area contributed by atoms with Crippen LogP contribution in [0.2, 0.25) is 0 Å². The molecule has 3 heteroatoms. The molecule has 18 heavy (non-hydrogen) atoms. The first kappa shape index (κ1) is 14.5. The van der Waals surface area contributed by atoms with Gasteiger partial charge < -0.3 is 5.32 Å². The van der Waals surface area contributed by atoms with Crippen LogP contribution in [0.4, 0.5) is 0 Å². The Labute approximate surface area is 113 Å². The average Bonchev–Trinajstić information content (AvgIpc) is 2.84. The molecule has 1 aromatic heterocycles. The molecule has 0 atom stereocenters. The second kappa shape index (κ2) is 8.48. The Morgan fingerprint density at radius 2 is 2.11 bits per heavy atom.